The summed E-state index contributed by atoms with van der Waals surface area (Å²) < 4.78 is 11.4. The Labute approximate surface area is 110 Å². The molecule has 18 heavy (non-hydrogen) atoms. The molecule has 0 saturated heterocycles. The molecule has 0 aliphatic rings. The molecule has 0 saturated carbocycles. The van der Waals surface area contributed by atoms with Gasteiger partial charge in [-0.15, -0.1) is 0 Å². The summed E-state index contributed by atoms with van der Waals surface area (Å²) in [6.45, 7) is 11.0. The molecule has 1 aromatic carbocycles. The van der Waals surface area contributed by atoms with Gasteiger partial charge in [0.25, 0.3) is 0 Å². The first-order chi connectivity index (χ1) is 8.63. The highest BCUT2D eigenvalue weighted by Crippen LogP contribution is 2.27. The molecular weight excluding hydrogens is 226 g/mol. The van der Waals surface area contributed by atoms with Crippen LogP contribution in [0.4, 0.5) is 0 Å². The van der Waals surface area contributed by atoms with Crippen molar-refractivity contribution >= 4 is 0 Å². The number of hydrogen-bond donors (Lipinski definition) is 1. The molecule has 0 heterocycles. The fourth-order valence-electron chi connectivity index (χ4n) is 1.66. The third kappa shape index (κ3) is 5.41. The van der Waals surface area contributed by atoms with Gasteiger partial charge in [-0.05, 0) is 38.4 Å². The molecule has 3 heteroatoms. The molecule has 0 spiro atoms. The fourth-order valence-corrected chi connectivity index (χ4v) is 1.66. The van der Waals surface area contributed by atoms with E-state index in [0.29, 0.717) is 12.5 Å². The van der Waals surface area contributed by atoms with Crippen LogP contribution in [0.1, 0.15) is 27.7 Å². The van der Waals surface area contributed by atoms with Crippen LogP contribution in [0, 0.1) is 5.92 Å². The monoisotopic (exact) mass is 251 g/mol. The summed E-state index contributed by atoms with van der Waals surface area (Å²) in [6.07, 6.45) is 0.130. The minimum Gasteiger partial charge on any atom is -0.490 e. The normalized spacial score (nSPS) is 12.5. The molecule has 0 radical (unpaired) electrons. The molecule has 1 N–H and O–H groups in total. The van der Waals surface area contributed by atoms with E-state index in [1.165, 1.54) is 0 Å². The van der Waals surface area contributed by atoms with Crippen molar-refractivity contribution in [2.24, 2.45) is 5.92 Å². The summed E-state index contributed by atoms with van der Waals surface area (Å²) in [6, 6.07) is 7.81. The number of hydrogen-bond acceptors (Lipinski definition) is 3. The summed E-state index contributed by atoms with van der Waals surface area (Å²) in [7, 11) is 0. The van der Waals surface area contributed by atoms with Crippen LogP contribution in [0.15, 0.2) is 24.3 Å². The lowest BCUT2D eigenvalue weighted by molar-refractivity contribution is 0.202. The molecule has 1 unspecified atom stereocenters. The van der Waals surface area contributed by atoms with E-state index in [-0.39, 0.29) is 6.10 Å². The second-order valence-corrected chi connectivity index (χ2v) is 4.86. The summed E-state index contributed by atoms with van der Waals surface area (Å²) in [5.41, 5.74) is 0. The molecule has 0 amide bonds. The lowest BCUT2D eigenvalue weighted by atomic mass is 10.2. The second kappa shape index (κ2) is 7.98. The average molecular weight is 251 g/mol. The van der Waals surface area contributed by atoms with Crippen LogP contribution in [0.25, 0.3) is 0 Å². The van der Waals surface area contributed by atoms with Crippen LogP contribution in [-0.2, 0) is 0 Å². The maximum Gasteiger partial charge on any atom is 0.161 e. The van der Waals surface area contributed by atoms with E-state index < -0.39 is 0 Å². The third-order valence-corrected chi connectivity index (χ3v) is 2.46. The Morgan fingerprint density at radius 3 is 2.33 bits per heavy atom. The molecular formula is C15H25NO2. The number of benzene rings is 1. The maximum atomic E-state index is 5.89. The third-order valence-electron chi connectivity index (χ3n) is 2.46. The SMILES string of the molecule is CCOc1ccccc1OC(C)CNCC(C)C. The van der Waals surface area contributed by atoms with Crippen molar-refractivity contribution in [2.75, 3.05) is 19.7 Å². The first-order valence-electron chi connectivity index (χ1n) is 6.72. The molecule has 102 valence electrons. The van der Waals surface area contributed by atoms with Gasteiger partial charge in [0, 0.05) is 6.54 Å². The van der Waals surface area contributed by atoms with Gasteiger partial charge in [-0.25, -0.2) is 0 Å². The van der Waals surface area contributed by atoms with Crippen LogP contribution < -0.4 is 14.8 Å². The van der Waals surface area contributed by atoms with Crippen molar-refractivity contribution in [3.63, 3.8) is 0 Å². The quantitative estimate of drug-likeness (QED) is 0.770. The lowest BCUT2D eigenvalue weighted by Crippen LogP contribution is -2.31. The largest absolute Gasteiger partial charge is 0.490 e. The molecule has 3 nitrogen and oxygen atoms in total. The van der Waals surface area contributed by atoms with E-state index in [1.54, 1.807) is 0 Å². The van der Waals surface area contributed by atoms with Crippen molar-refractivity contribution in [3.05, 3.63) is 24.3 Å². The van der Waals surface area contributed by atoms with Gasteiger partial charge in [0.15, 0.2) is 11.5 Å². The van der Waals surface area contributed by atoms with Gasteiger partial charge in [0.1, 0.15) is 6.10 Å². The van der Waals surface area contributed by atoms with Crippen LogP contribution in [-0.4, -0.2) is 25.8 Å². The van der Waals surface area contributed by atoms with Gasteiger partial charge < -0.3 is 14.8 Å². The Balaban J connectivity index is 2.45. The summed E-state index contributed by atoms with van der Waals surface area (Å²) in [5, 5.41) is 3.39. The molecule has 0 aliphatic carbocycles. The number of nitrogens with one attached hydrogen (secondary N) is 1. The minimum atomic E-state index is 0.130. The zero-order valence-corrected chi connectivity index (χ0v) is 11.9. The van der Waals surface area contributed by atoms with Gasteiger partial charge in [-0.1, -0.05) is 26.0 Å². The Hall–Kier alpha value is -1.22. The number of rotatable bonds is 8. The van der Waals surface area contributed by atoms with E-state index in [0.717, 1.165) is 24.6 Å². The molecule has 0 aromatic heterocycles. The molecule has 0 fully saturated rings. The topological polar surface area (TPSA) is 30.5 Å². The maximum absolute atomic E-state index is 5.89. The summed E-state index contributed by atoms with van der Waals surface area (Å²) in [4.78, 5) is 0. The van der Waals surface area contributed by atoms with Crippen LogP contribution in [0.3, 0.4) is 0 Å². The van der Waals surface area contributed by atoms with Gasteiger partial charge in [0.05, 0.1) is 6.61 Å². The Morgan fingerprint density at radius 1 is 1.06 bits per heavy atom. The first kappa shape index (κ1) is 14.8. The van der Waals surface area contributed by atoms with E-state index in [9.17, 15) is 0 Å². The highest BCUT2D eigenvalue weighted by atomic mass is 16.5. The van der Waals surface area contributed by atoms with Crippen LogP contribution in [0.2, 0.25) is 0 Å². The smallest absolute Gasteiger partial charge is 0.161 e. The lowest BCUT2D eigenvalue weighted by Gasteiger charge is -2.18. The molecule has 1 atom stereocenters. The van der Waals surface area contributed by atoms with E-state index in [4.69, 9.17) is 9.47 Å². The molecule has 0 bridgehead atoms. The van der Waals surface area contributed by atoms with Crippen molar-refractivity contribution < 1.29 is 9.47 Å². The van der Waals surface area contributed by atoms with Crippen LogP contribution in [0.5, 0.6) is 11.5 Å². The Bertz CT molecular complexity index is 339. The Kier molecular flexibility index (Phi) is 6.58. The molecule has 0 aliphatic heterocycles. The predicted octanol–water partition coefficient (Wildman–Crippen LogP) is 3.10. The van der Waals surface area contributed by atoms with Gasteiger partial charge in [-0.2, -0.15) is 0 Å². The van der Waals surface area contributed by atoms with Crippen molar-refractivity contribution in [2.45, 2.75) is 33.8 Å². The van der Waals surface area contributed by atoms with Gasteiger partial charge in [-0.3, -0.25) is 0 Å². The predicted molar refractivity (Wildman–Crippen MR) is 75.4 cm³/mol. The minimum absolute atomic E-state index is 0.130. The van der Waals surface area contributed by atoms with E-state index in [2.05, 4.69) is 26.1 Å². The standard InChI is InChI=1S/C15H25NO2/c1-5-17-14-8-6-7-9-15(14)18-13(4)11-16-10-12(2)3/h6-9,12-13,16H,5,10-11H2,1-4H3. The van der Waals surface area contributed by atoms with Crippen molar-refractivity contribution in [1.29, 1.82) is 0 Å². The van der Waals surface area contributed by atoms with Crippen molar-refractivity contribution in [1.82, 2.24) is 5.32 Å². The van der Waals surface area contributed by atoms with Gasteiger partial charge >= 0.3 is 0 Å². The van der Waals surface area contributed by atoms with Crippen LogP contribution >= 0.6 is 0 Å². The van der Waals surface area contributed by atoms with E-state index in [1.807, 2.05) is 31.2 Å². The van der Waals surface area contributed by atoms with Gasteiger partial charge in [0.2, 0.25) is 0 Å². The number of para-hydroxylation sites is 2. The Morgan fingerprint density at radius 2 is 1.72 bits per heavy atom. The fraction of sp³-hybridized carbons (Fsp3) is 0.600. The highest BCUT2D eigenvalue weighted by Gasteiger charge is 2.08. The van der Waals surface area contributed by atoms with E-state index >= 15 is 0 Å². The first-order valence-corrected chi connectivity index (χ1v) is 6.72. The zero-order valence-electron chi connectivity index (χ0n) is 11.9. The highest BCUT2D eigenvalue weighted by molar-refractivity contribution is 5.39. The second-order valence-electron chi connectivity index (χ2n) is 4.86. The molecule has 1 rings (SSSR count). The zero-order chi connectivity index (χ0) is 13.4. The summed E-state index contributed by atoms with van der Waals surface area (Å²) >= 11 is 0. The molecule has 1 aromatic rings. The average Bonchev–Trinajstić information content (AvgIpc) is 2.31. The number of ether oxygens (including phenoxy) is 2. The summed E-state index contributed by atoms with van der Waals surface area (Å²) in [5.74, 6) is 2.29. The van der Waals surface area contributed by atoms with Crippen molar-refractivity contribution in [3.8, 4) is 11.5 Å².